The summed E-state index contributed by atoms with van der Waals surface area (Å²) in [6.45, 7) is -0.377. The molecule has 7 nitrogen and oxygen atoms in total. The minimum absolute atomic E-state index is 0.00970. The third kappa shape index (κ3) is 10.4. The van der Waals surface area contributed by atoms with Crippen molar-refractivity contribution in [3.8, 4) is 0 Å². The fourth-order valence-corrected chi connectivity index (χ4v) is 1.40. The maximum atomic E-state index is 11.2. The quantitative estimate of drug-likeness (QED) is 0.301. The number of rotatable bonds is 11. The summed E-state index contributed by atoms with van der Waals surface area (Å²) in [4.78, 5) is 21.5. The number of carbonyl (C=O) groups is 2. The molecule has 0 heterocycles. The monoisotopic (exact) mass is 278 g/mol. The van der Waals surface area contributed by atoms with Crippen molar-refractivity contribution in [3.63, 3.8) is 0 Å². The third-order valence-electron chi connectivity index (χ3n) is 2.54. The molecule has 0 bridgehead atoms. The molecule has 0 radical (unpaired) electrons. The largest absolute Gasteiger partial charge is 0.481 e. The van der Waals surface area contributed by atoms with Crippen LogP contribution in [0.1, 0.15) is 38.5 Å². The fourth-order valence-electron chi connectivity index (χ4n) is 1.40. The molecule has 0 amide bonds. The van der Waals surface area contributed by atoms with Crippen LogP contribution in [0.3, 0.4) is 0 Å². The summed E-state index contributed by atoms with van der Waals surface area (Å²) in [6.07, 6.45) is -0.709. The number of ether oxygens (including phenoxy) is 1. The van der Waals surface area contributed by atoms with Gasteiger partial charge in [0.1, 0.15) is 12.7 Å². The van der Waals surface area contributed by atoms with Crippen molar-refractivity contribution < 1.29 is 34.8 Å². The predicted octanol–water partition coefficient (Wildman–Crippen LogP) is -0.331. The van der Waals surface area contributed by atoms with Gasteiger partial charge in [0.05, 0.1) is 6.10 Å². The Balaban J connectivity index is 3.62. The number of aliphatic carboxylic acids is 1. The molecule has 0 rings (SSSR count). The second-order valence-corrected chi connectivity index (χ2v) is 4.28. The van der Waals surface area contributed by atoms with E-state index in [9.17, 15) is 19.8 Å². The highest BCUT2D eigenvalue weighted by Crippen LogP contribution is 2.05. The Morgan fingerprint density at radius 3 is 2.21 bits per heavy atom. The van der Waals surface area contributed by atoms with Crippen molar-refractivity contribution in [2.75, 3.05) is 13.2 Å². The van der Waals surface area contributed by atoms with Crippen LogP contribution >= 0.6 is 0 Å². The predicted molar refractivity (Wildman–Crippen MR) is 65.4 cm³/mol. The van der Waals surface area contributed by atoms with Gasteiger partial charge in [-0.05, 0) is 25.7 Å². The Morgan fingerprint density at radius 2 is 1.63 bits per heavy atom. The van der Waals surface area contributed by atoms with E-state index in [2.05, 4.69) is 0 Å². The lowest BCUT2D eigenvalue weighted by Gasteiger charge is -2.17. The molecule has 0 saturated heterocycles. The van der Waals surface area contributed by atoms with Gasteiger partial charge in [-0.25, -0.2) is 0 Å². The van der Waals surface area contributed by atoms with Crippen LogP contribution in [0.25, 0.3) is 0 Å². The molecule has 19 heavy (non-hydrogen) atoms. The van der Waals surface area contributed by atoms with Gasteiger partial charge in [0.25, 0.3) is 0 Å². The van der Waals surface area contributed by atoms with Gasteiger partial charge in [0, 0.05) is 19.4 Å². The highest BCUT2D eigenvalue weighted by molar-refractivity contribution is 5.69. The topological polar surface area (TPSA) is 124 Å². The van der Waals surface area contributed by atoms with Crippen molar-refractivity contribution in [1.29, 1.82) is 0 Å². The lowest BCUT2D eigenvalue weighted by Crippen LogP contribution is -2.31. The van der Waals surface area contributed by atoms with Crippen molar-refractivity contribution in [2.45, 2.75) is 50.7 Å². The van der Waals surface area contributed by atoms with E-state index in [4.69, 9.17) is 14.9 Å². The number of hydrogen-bond acceptors (Lipinski definition) is 6. The smallest absolute Gasteiger partial charge is 0.305 e. The minimum Gasteiger partial charge on any atom is -0.481 e. The normalized spacial score (nSPS) is 13.8. The summed E-state index contributed by atoms with van der Waals surface area (Å²) in [7, 11) is 0. The van der Waals surface area contributed by atoms with Gasteiger partial charge in [-0.1, -0.05) is 0 Å². The number of carboxylic acid groups (broad SMARTS) is 1. The number of aliphatic hydroxyl groups is 3. The number of esters is 1. The van der Waals surface area contributed by atoms with E-state index in [0.717, 1.165) is 0 Å². The molecule has 4 N–H and O–H groups in total. The molecule has 0 aromatic carbocycles. The molecule has 0 aliphatic rings. The van der Waals surface area contributed by atoms with Gasteiger partial charge in [-0.3, -0.25) is 9.59 Å². The van der Waals surface area contributed by atoms with E-state index in [0.29, 0.717) is 19.3 Å². The minimum atomic E-state index is -1.17. The zero-order valence-electron chi connectivity index (χ0n) is 10.8. The maximum Gasteiger partial charge on any atom is 0.305 e. The van der Waals surface area contributed by atoms with E-state index in [-0.39, 0.29) is 32.5 Å². The van der Waals surface area contributed by atoms with E-state index in [1.807, 2.05) is 0 Å². The zero-order valence-corrected chi connectivity index (χ0v) is 10.8. The highest BCUT2D eigenvalue weighted by Gasteiger charge is 2.17. The molecule has 112 valence electrons. The van der Waals surface area contributed by atoms with E-state index < -0.39 is 24.1 Å². The van der Waals surface area contributed by atoms with E-state index in [1.165, 1.54) is 0 Å². The Bertz CT molecular complexity index is 267. The van der Waals surface area contributed by atoms with Gasteiger partial charge >= 0.3 is 11.9 Å². The first kappa shape index (κ1) is 17.8. The summed E-state index contributed by atoms with van der Waals surface area (Å²) >= 11 is 0. The maximum absolute atomic E-state index is 11.2. The molecule has 0 fully saturated rings. The van der Waals surface area contributed by atoms with Gasteiger partial charge in [0.15, 0.2) is 0 Å². The second-order valence-electron chi connectivity index (χ2n) is 4.28. The molecule has 0 aromatic heterocycles. The molecule has 0 spiro atoms. The number of carboxylic acids is 1. The molecule has 2 unspecified atom stereocenters. The van der Waals surface area contributed by atoms with Gasteiger partial charge < -0.3 is 25.2 Å². The molecular weight excluding hydrogens is 256 g/mol. The number of carbonyl (C=O) groups excluding carboxylic acids is 1. The van der Waals surface area contributed by atoms with E-state index in [1.54, 1.807) is 0 Å². The van der Waals surface area contributed by atoms with Gasteiger partial charge in [-0.2, -0.15) is 0 Å². The van der Waals surface area contributed by atoms with Crippen LogP contribution in [-0.4, -0.2) is 57.8 Å². The van der Waals surface area contributed by atoms with Crippen molar-refractivity contribution in [1.82, 2.24) is 0 Å². The molecule has 7 heteroatoms. The molecule has 2 atom stereocenters. The van der Waals surface area contributed by atoms with Crippen LogP contribution in [0, 0.1) is 0 Å². The molecule has 0 aliphatic carbocycles. The summed E-state index contributed by atoms with van der Waals surface area (Å²) in [5.41, 5.74) is 0. The van der Waals surface area contributed by atoms with Crippen LogP contribution in [0.2, 0.25) is 0 Å². The standard InChI is InChI=1S/C12H22O7/c13-7-3-4-9(14)10(15)8-19-12(18)6-2-1-5-11(16)17/h9-10,13-15H,1-8H2,(H,16,17). The molecular formula is C12H22O7. The first-order valence-corrected chi connectivity index (χ1v) is 6.31. The zero-order chi connectivity index (χ0) is 14.7. The fraction of sp³-hybridized carbons (Fsp3) is 0.833. The number of aliphatic hydroxyl groups excluding tert-OH is 3. The summed E-state index contributed by atoms with van der Waals surface area (Å²) < 4.78 is 4.75. The van der Waals surface area contributed by atoms with Gasteiger partial charge in [-0.15, -0.1) is 0 Å². The molecule has 0 aromatic rings. The average molecular weight is 278 g/mol. The summed E-state index contributed by atoms with van der Waals surface area (Å²) in [5.74, 6) is -1.44. The van der Waals surface area contributed by atoms with Crippen LogP contribution in [0.5, 0.6) is 0 Å². The van der Waals surface area contributed by atoms with Crippen LogP contribution in [0.4, 0.5) is 0 Å². The Morgan fingerprint density at radius 1 is 1.00 bits per heavy atom. The Kier molecular flexibility index (Phi) is 10.1. The lowest BCUT2D eigenvalue weighted by atomic mass is 10.1. The van der Waals surface area contributed by atoms with E-state index >= 15 is 0 Å². The Hall–Kier alpha value is -1.18. The van der Waals surface area contributed by atoms with Crippen molar-refractivity contribution in [3.05, 3.63) is 0 Å². The van der Waals surface area contributed by atoms with Crippen LogP contribution in [-0.2, 0) is 14.3 Å². The van der Waals surface area contributed by atoms with Crippen molar-refractivity contribution >= 4 is 11.9 Å². The average Bonchev–Trinajstić information content (AvgIpc) is 2.37. The lowest BCUT2D eigenvalue weighted by molar-refractivity contribution is -0.149. The third-order valence-corrected chi connectivity index (χ3v) is 2.54. The summed E-state index contributed by atoms with van der Waals surface area (Å²) in [5, 5.41) is 35.8. The number of hydrogen-bond donors (Lipinski definition) is 4. The highest BCUT2D eigenvalue weighted by atomic mass is 16.5. The second kappa shape index (κ2) is 10.7. The van der Waals surface area contributed by atoms with Gasteiger partial charge in [0.2, 0.25) is 0 Å². The molecule has 0 aliphatic heterocycles. The number of unbranched alkanes of at least 4 members (excludes halogenated alkanes) is 1. The molecule has 0 saturated carbocycles. The van der Waals surface area contributed by atoms with Crippen LogP contribution < -0.4 is 0 Å². The summed E-state index contributed by atoms with van der Waals surface area (Å²) in [6, 6.07) is 0. The van der Waals surface area contributed by atoms with Crippen LogP contribution in [0.15, 0.2) is 0 Å². The SMILES string of the molecule is O=C(O)CCCCC(=O)OCC(O)C(O)CCCO. The van der Waals surface area contributed by atoms with Crippen molar-refractivity contribution in [2.24, 2.45) is 0 Å². The first-order valence-electron chi connectivity index (χ1n) is 6.31. The Labute approximate surface area is 111 Å². The first-order chi connectivity index (χ1) is 8.97.